The zero-order valence-electron chi connectivity index (χ0n) is 16.0. The normalized spacial score (nSPS) is 11.9. The largest absolute Gasteiger partial charge is 0.448 e. The summed E-state index contributed by atoms with van der Waals surface area (Å²) in [7, 11) is 0. The molecule has 2 aromatic heterocycles. The molecule has 146 valence electrons. The summed E-state index contributed by atoms with van der Waals surface area (Å²) in [6, 6.07) is 17.6. The number of hydrogen-bond acceptors (Lipinski definition) is 7. The van der Waals surface area contributed by atoms with Crippen LogP contribution in [0.5, 0.6) is 0 Å². The van der Waals surface area contributed by atoms with Crippen molar-refractivity contribution in [2.75, 3.05) is 0 Å². The topological polar surface area (TPSA) is 78.1 Å². The Morgan fingerprint density at radius 3 is 2.55 bits per heavy atom. The van der Waals surface area contributed by atoms with E-state index in [4.69, 9.17) is 9.15 Å². The van der Waals surface area contributed by atoms with Crippen LogP contribution in [-0.4, -0.2) is 21.2 Å². The van der Waals surface area contributed by atoms with E-state index in [1.165, 1.54) is 16.9 Å². The summed E-state index contributed by atoms with van der Waals surface area (Å²) < 4.78 is 11.1. The van der Waals surface area contributed by atoms with E-state index in [0.29, 0.717) is 5.89 Å². The molecule has 29 heavy (non-hydrogen) atoms. The van der Waals surface area contributed by atoms with Crippen molar-refractivity contribution >= 4 is 17.3 Å². The molecule has 0 aliphatic rings. The van der Waals surface area contributed by atoms with E-state index in [1.807, 2.05) is 42.5 Å². The highest BCUT2D eigenvalue weighted by molar-refractivity contribution is 7.13. The van der Waals surface area contributed by atoms with Crippen molar-refractivity contribution in [3.05, 3.63) is 77.1 Å². The fourth-order valence-corrected chi connectivity index (χ4v) is 3.55. The van der Waals surface area contributed by atoms with Gasteiger partial charge in [0.05, 0.1) is 0 Å². The number of ether oxygens (including phenoxy) is 1. The van der Waals surface area contributed by atoms with Crippen molar-refractivity contribution < 1.29 is 13.9 Å². The smallest absolute Gasteiger partial charge is 0.358 e. The first-order chi connectivity index (χ1) is 14.1. The predicted molar refractivity (Wildman–Crippen MR) is 110 cm³/mol. The maximum Gasteiger partial charge on any atom is 0.358 e. The standard InChI is InChI=1S/C22H19N3O3S/c1-3-15-9-11-17(12-10-15)21-23-18(13-29-21)22(26)27-14(2)19-24-25-20(28-19)16-7-5-4-6-8-16/h4-14H,3H2,1-2H3/t14-/m1/s1. The minimum atomic E-state index is -0.679. The van der Waals surface area contributed by atoms with Crippen LogP contribution in [0.2, 0.25) is 0 Å². The van der Waals surface area contributed by atoms with Gasteiger partial charge in [0.25, 0.3) is 5.89 Å². The van der Waals surface area contributed by atoms with Crippen molar-refractivity contribution in [1.29, 1.82) is 0 Å². The Kier molecular flexibility index (Phi) is 5.48. The molecule has 0 fully saturated rings. The number of thiazole rings is 1. The second-order valence-electron chi connectivity index (χ2n) is 6.45. The molecular weight excluding hydrogens is 386 g/mol. The summed E-state index contributed by atoms with van der Waals surface area (Å²) in [5, 5.41) is 10.5. The Morgan fingerprint density at radius 1 is 1.07 bits per heavy atom. The number of carbonyl (C=O) groups is 1. The van der Waals surface area contributed by atoms with E-state index in [2.05, 4.69) is 34.2 Å². The molecule has 0 amide bonds. The number of nitrogens with zero attached hydrogens (tertiary/aromatic N) is 3. The van der Waals surface area contributed by atoms with Gasteiger partial charge in [-0.15, -0.1) is 21.5 Å². The van der Waals surface area contributed by atoms with E-state index in [1.54, 1.807) is 12.3 Å². The van der Waals surface area contributed by atoms with Gasteiger partial charge < -0.3 is 9.15 Å². The Bertz CT molecular complexity index is 1100. The Labute approximate surface area is 172 Å². The fourth-order valence-electron chi connectivity index (χ4n) is 2.75. The fraction of sp³-hybridized carbons (Fsp3) is 0.182. The van der Waals surface area contributed by atoms with Gasteiger partial charge in [-0.05, 0) is 31.0 Å². The number of benzene rings is 2. The van der Waals surface area contributed by atoms with Gasteiger partial charge in [-0.3, -0.25) is 0 Å². The number of rotatable bonds is 6. The molecule has 0 unspecified atom stereocenters. The quantitative estimate of drug-likeness (QED) is 0.403. The molecule has 4 aromatic rings. The third kappa shape index (κ3) is 4.25. The zero-order valence-corrected chi connectivity index (χ0v) is 16.8. The SMILES string of the molecule is CCc1ccc(-c2nc(C(=O)O[C@H](C)c3nnc(-c4ccccc4)o3)cs2)cc1. The molecule has 6 nitrogen and oxygen atoms in total. The van der Waals surface area contributed by atoms with E-state index in [0.717, 1.165) is 22.6 Å². The lowest BCUT2D eigenvalue weighted by Gasteiger charge is -2.07. The van der Waals surface area contributed by atoms with Crippen LogP contribution in [-0.2, 0) is 11.2 Å². The molecule has 0 aliphatic heterocycles. The van der Waals surface area contributed by atoms with Crippen LogP contribution in [0.1, 0.15) is 41.9 Å². The maximum atomic E-state index is 12.5. The lowest BCUT2D eigenvalue weighted by Crippen LogP contribution is -2.10. The first-order valence-electron chi connectivity index (χ1n) is 9.28. The number of aryl methyl sites for hydroxylation is 1. The highest BCUT2D eigenvalue weighted by Gasteiger charge is 2.21. The average Bonchev–Trinajstić information content (AvgIpc) is 3.45. The summed E-state index contributed by atoms with van der Waals surface area (Å²) >= 11 is 1.41. The number of hydrogen-bond donors (Lipinski definition) is 0. The highest BCUT2D eigenvalue weighted by Crippen LogP contribution is 2.26. The lowest BCUT2D eigenvalue weighted by atomic mass is 10.1. The molecular formula is C22H19N3O3S. The number of esters is 1. The van der Waals surface area contributed by atoms with Gasteiger partial charge >= 0.3 is 5.97 Å². The van der Waals surface area contributed by atoms with Crippen LogP contribution in [0, 0.1) is 0 Å². The van der Waals surface area contributed by atoms with Crippen LogP contribution in [0.25, 0.3) is 22.0 Å². The Hall–Kier alpha value is -3.32. The average molecular weight is 405 g/mol. The number of aromatic nitrogens is 3. The van der Waals surface area contributed by atoms with E-state index >= 15 is 0 Å². The summed E-state index contributed by atoms with van der Waals surface area (Å²) in [6.07, 6.45) is 0.302. The summed E-state index contributed by atoms with van der Waals surface area (Å²) in [5.41, 5.74) is 3.30. The van der Waals surface area contributed by atoms with Crippen molar-refractivity contribution in [3.63, 3.8) is 0 Å². The van der Waals surface area contributed by atoms with Crippen molar-refractivity contribution in [1.82, 2.24) is 15.2 Å². The molecule has 0 radical (unpaired) electrons. The summed E-state index contributed by atoms with van der Waals surface area (Å²) in [4.78, 5) is 16.9. The molecule has 1 atom stereocenters. The van der Waals surface area contributed by atoms with Gasteiger partial charge in [0.1, 0.15) is 5.01 Å². The van der Waals surface area contributed by atoms with Gasteiger partial charge in [0.15, 0.2) is 11.8 Å². The van der Waals surface area contributed by atoms with Crippen molar-refractivity contribution in [3.8, 4) is 22.0 Å². The predicted octanol–water partition coefficient (Wildman–Crippen LogP) is 5.34. The number of carbonyl (C=O) groups excluding carboxylic acids is 1. The van der Waals surface area contributed by atoms with E-state index < -0.39 is 12.1 Å². The van der Waals surface area contributed by atoms with Gasteiger partial charge in [-0.1, -0.05) is 49.4 Å². The molecule has 2 heterocycles. The molecule has 0 saturated carbocycles. The summed E-state index contributed by atoms with van der Waals surface area (Å²) in [6.45, 7) is 3.80. The van der Waals surface area contributed by atoms with Gasteiger partial charge in [-0.2, -0.15) is 0 Å². The minimum absolute atomic E-state index is 0.239. The minimum Gasteiger partial charge on any atom is -0.448 e. The molecule has 7 heteroatoms. The lowest BCUT2D eigenvalue weighted by molar-refractivity contribution is 0.0274. The molecule has 0 saturated heterocycles. The summed E-state index contributed by atoms with van der Waals surface area (Å²) in [5.74, 6) is 0.0995. The van der Waals surface area contributed by atoms with Crippen LogP contribution in [0.4, 0.5) is 0 Å². The van der Waals surface area contributed by atoms with Crippen LogP contribution >= 0.6 is 11.3 Å². The van der Waals surface area contributed by atoms with Crippen LogP contribution in [0.15, 0.2) is 64.4 Å². The zero-order chi connectivity index (χ0) is 20.2. The van der Waals surface area contributed by atoms with Gasteiger partial charge in [0.2, 0.25) is 5.89 Å². The second-order valence-corrected chi connectivity index (χ2v) is 7.31. The first kappa shape index (κ1) is 19.0. The van der Waals surface area contributed by atoms with Crippen molar-refractivity contribution in [2.24, 2.45) is 0 Å². The second kappa shape index (κ2) is 8.36. The van der Waals surface area contributed by atoms with Gasteiger partial charge in [-0.25, -0.2) is 9.78 Å². The van der Waals surface area contributed by atoms with Crippen LogP contribution in [0.3, 0.4) is 0 Å². The monoisotopic (exact) mass is 405 g/mol. The van der Waals surface area contributed by atoms with E-state index in [-0.39, 0.29) is 11.6 Å². The highest BCUT2D eigenvalue weighted by atomic mass is 32.1. The van der Waals surface area contributed by atoms with E-state index in [9.17, 15) is 4.79 Å². The Balaban J connectivity index is 1.44. The third-order valence-electron chi connectivity index (χ3n) is 4.42. The van der Waals surface area contributed by atoms with Crippen LogP contribution < -0.4 is 0 Å². The first-order valence-corrected chi connectivity index (χ1v) is 10.2. The van der Waals surface area contributed by atoms with Gasteiger partial charge in [0, 0.05) is 16.5 Å². The molecule has 2 aromatic carbocycles. The molecule has 0 spiro atoms. The molecule has 0 N–H and O–H groups in total. The Morgan fingerprint density at radius 2 is 1.83 bits per heavy atom. The molecule has 0 bridgehead atoms. The maximum absolute atomic E-state index is 12.5. The molecule has 4 rings (SSSR count). The molecule has 0 aliphatic carbocycles. The van der Waals surface area contributed by atoms with Crippen molar-refractivity contribution in [2.45, 2.75) is 26.4 Å². The third-order valence-corrected chi connectivity index (χ3v) is 5.31.